The van der Waals surface area contributed by atoms with Gasteiger partial charge in [0, 0.05) is 32.3 Å². The van der Waals surface area contributed by atoms with Gasteiger partial charge in [-0.3, -0.25) is 4.79 Å². The van der Waals surface area contributed by atoms with Gasteiger partial charge in [0.25, 0.3) is 5.91 Å². The second-order valence-electron chi connectivity index (χ2n) is 4.60. The lowest BCUT2D eigenvalue weighted by molar-refractivity contribution is 0.0562. The van der Waals surface area contributed by atoms with E-state index in [1.165, 1.54) is 0 Å². The molecule has 1 unspecified atom stereocenters. The summed E-state index contributed by atoms with van der Waals surface area (Å²) in [4.78, 5) is 18.4. The number of aromatic nitrogens is 1. The van der Waals surface area contributed by atoms with Crippen LogP contribution >= 0.6 is 11.6 Å². The van der Waals surface area contributed by atoms with Crippen molar-refractivity contribution in [3.05, 3.63) is 22.8 Å². The molecule has 1 saturated heterocycles. The first-order valence-corrected chi connectivity index (χ1v) is 6.74. The summed E-state index contributed by atoms with van der Waals surface area (Å²) in [6.45, 7) is 3.99. The van der Waals surface area contributed by atoms with E-state index in [0.29, 0.717) is 36.2 Å². The number of hydrogen-bond acceptors (Lipinski definition) is 4. The standard InChI is InChI=1S/C13H18ClN3O2/c1-9-8-17(4-3-5-19-9)13(18)10-6-11(14)16-12(7-10)15-2/h6-7,9H,3-5,8H2,1-2H3,(H,15,16). The van der Waals surface area contributed by atoms with E-state index < -0.39 is 0 Å². The molecule has 0 saturated carbocycles. The molecule has 2 heterocycles. The summed E-state index contributed by atoms with van der Waals surface area (Å²) in [6.07, 6.45) is 0.917. The van der Waals surface area contributed by atoms with Crippen molar-refractivity contribution in [3.63, 3.8) is 0 Å². The van der Waals surface area contributed by atoms with Crippen LogP contribution in [0.5, 0.6) is 0 Å². The zero-order valence-corrected chi connectivity index (χ0v) is 11.9. The molecule has 1 N–H and O–H groups in total. The lowest BCUT2D eigenvalue weighted by Gasteiger charge is -2.22. The first-order chi connectivity index (χ1) is 9.10. The largest absolute Gasteiger partial charge is 0.377 e. The molecule has 104 valence electrons. The van der Waals surface area contributed by atoms with Crippen LogP contribution in [0, 0.1) is 0 Å². The molecule has 0 radical (unpaired) electrons. The SMILES string of the molecule is CNc1cc(C(=O)N2CCCOC(C)C2)cc(Cl)n1. The minimum absolute atomic E-state index is 0.0295. The predicted molar refractivity (Wildman–Crippen MR) is 74.7 cm³/mol. The summed E-state index contributed by atoms with van der Waals surface area (Å²) in [6, 6.07) is 3.31. The Hall–Kier alpha value is -1.33. The van der Waals surface area contributed by atoms with Crippen LogP contribution in [0.15, 0.2) is 12.1 Å². The topological polar surface area (TPSA) is 54.5 Å². The van der Waals surface area contributed by atoms with E-state index in [1.807, 2.05) is 11.8 Å². The zero-order valence-electron chi connectivity index (χ0n) is 11.1. The molecule has 1 aromatic rings. The molecule has 1 fully saturated rings. The van der Waals surface area contributed by atoms with Crippen LogP contribution in [0.1, 0.15) is 23.7 Å². The Bertz CT molecular complexity index is 467. The van der Waals surface area contributed by atoms with E-state index in [1.54, 1.807) is 19.2 Å². The van der Waals surface area contributed by atoms with Gasteiger partial charge in [0.05, 0.1) is 6.10 Å². The van der Waals surface area contributed by atoms with Crippen LogP contribution < -0.4 is 5.32 Å². The summed E-state index contributed by atoms with van der Waals surface area (Å²) in [5.41, 5.74) is 0.554. The number of pyridine rings is 1. The van der Waals surface area contributed by atoms with Gasteiger partial charge in [0.1, 0.15) is 11.0 Å². The van der Waals surface area contributed by atoms with Crippen LogP contribution in [0.2, 0.25) is 5.15 Å². The Labute approximate surface area is 117 Å². The number of hydrogen-bond donors (Lipinski definition) is 1. The first-order valence-electron chi connectivity index (χ1n) is 6.36. The summed E-state index contributed by atoms with van der Waals surface area (Å²) < 4.78 is 5.54. The van der Waals surface area contributed by atoms with Crippen molar-refractivity contribution in [2.75, 3.05) is 32.1 Å². The highest BCUT2D eigenvalue weighted by molar-refractivity contribution is 6.29. The van der Waals surface area contributed by atoms with Gasteiger partial charge in [-0.05, 0) is 25.5 Å². The lowest BCUT2D eigenvalue weighted by Crippen LogP contribution is -2.36. The molecule has 1 aliphatic rings. The number of halogens is 1. The van der Waals surface area contributed by atoms with Crippen molar-refractivity contribution >= 4 is 23.3 Å². The maximum absolute atomic E-state index is 12.5. The number of rotatable bonds is 2. The number of nitrogens with zero attached hydrogens (tertiary/aromatic N) is 2. The molecule has 1 aromatic heterocycles. The molecule has 0 bridgehead atoms. The van der Waals surface area contributed by atoms with Gasteiger partial charge in [-0.25, -0.2) is 4.98 Å². The van der Waals surface area contributed by atoms with Crippen molar-refractivity contribution < 1.29 is 9.53 Å². The Kier molecular flexibility index (Phi) is 4.61. The first kappa shape index (κ1) is 14.1. The summed E-state index contributed by atoms with van der Waals surface area (Å²) in [5, 5.41) is 3.21. The molecule has 2 rings (SSSR count). The maximum atomic E-state index is 12.5. The second-order valence-corrected chi connectivity index (χ2v) is 4.99. The lowest BCUT2D eigenvalue weighted by atomic mass is 10.2. The normalized spacial score (nSPS) is 19.9. The van der Waals surface area contributed by atoms with E-state index >= 15 is 0 Å². The van der Waals surface area contributed by atoms with Gasteiger partial charge in [-0.1, -0.05) is 11.6 Å². The van der Waals surface area contributed by atoms with E-state index in [4.69, 9.17) is 16.3 Å². The highest BCUT2D eigenvalue weighted by Gasteiger charge is 2.21. The average molecular weight is 284 g/mol. The highest BCUT2D eigenvalue weighted by atomic mass is 35.5. The highest BCUT2D eigenvalue weighted by Crippen LogP contribution is 2.17. The Balaban J connectivity index is 2.20. The van der Waals surface area contributed by atoms with Crippen LogP contribution in [0.3, 0.4) is 0 Å². The molecule has 0 aliphatic carbocycles. The second kappa shape index (κ2) is 6.21. The third kappa shape index (κ3) is 3.58. The molecule has 19 heavy (non-hydrogen) atoms. The summed E-state index contributed by atoms with van der Waals surface area (Å²) in [5.74, 6) is 0.563. The number of anilines is 1. The number of amides is 1. The van der Waals surface area contributed by atoms with Crippen molar-refractivity contribution in [2.24, 2.45) is 0 Å². The van der Waals surface area contributed by atoms with Gasteiger partial charge in [-0.15, -0.1) is 0 Å². The van der Waals surface area contributed by atoms with Gasteiger partial charge in [0.15, 0.2) is 0 Å². The Morgan fingerprint density at radius 3 is 3.11 bits per heavy atom. The van der Waals surface area contributed by atoms with E-state index in [-0.39, 0.29) is 12.0 Å². The molecule has 5 nitrogen and oxygen atoms in total. The van der Waals surface area contributed by atoms with Crippen molar-refractivity contribution in [1.82, 2.24) is 9.88 Å². The molecule has 0 spiro atoms. The number of carbonyl (C=O) groups is 1. The van der Waals surface area contributed by atoms with E-state index in [0.717, 1.165) is 6.42 Å². The zero-order chi connectivity index (χ0) is 13.8. The van der Waals surface area contributed by atoms with Crippen LogP contribution in [-0.2, 0) is 4.74 Å². The molecular weight excluding hydrogens is 266 g/mol. The minimum atomic E-state index is -0.0295. The van der Waals surface area contributed by atoms with Crippen molar-refractivity contribution in [2.45, 2.75) is 19.4 Å². The monoisotopic (exact) mass is 283 g/mol. The quantitative estimate of drug-likeness (QED) is 0.844. The summed E-state index contributed by atoms with van der Waals surface area (Å²) in [7, 11) is 1.74. The average Bonchev–Trinajstić information content (AvgIpc) is 2.61. The molecule has 1 amide bonds. The molecular formula is C13H18ClN3O2. The molecule has 1 aliphatic heterocycles. The van der Waals surface area contributed by atoms with Crippen LogP contribution in [-0.4, -0.2) is 48.6 Å². The fourth-order valence-electron chi connectivity index (χ4n) is 2.11. The molecule has 6 heteroatoms. The fourth-order valence-corrected chi connectivity index (χ4v) is 2.32. The van der Waals surface area contributed by atoms with Crippen LogP contribution in [0.4, 0.5) is 5.82 Å². The van der Waals surface area contributed by atoms with Gasteiger partial charge in [-0.2, -0.15) is 0 Å². The third-order valence-corrected chi connectivity index (χ3v) is 3.23. The Morgan fingerprint density at radius 2 is 2.37 bits per heavy atom. The third-order valence-electron chi connectivity index (χ3n) is 3.04. The predicted octanol–water partition coefficient (Wildman–Crippen LogP) is 2.03. The van der Waals surface area contributed by atoms with Gasteiger partial charge < -0.3 is 15.0 Å². The van der Waals surface area contributed by atoms with Gasteiger partial charge in [0.2, 0.25) is 0 Å². The number of nitrogens with one attached hydrogen (secondary N) is 1. The Morgan fingerprint density at radius 1 is 1.58 bits per heavy atom. The fraction of sp³-hybridized carbons (Fsp3) is 0.538. The van der Waals surface area contributed by atoms with Crippen LogP contribution in [0.25, 0.3) is 0 Å². The number of carbonyl (C=O) groups excluding carboxylic acids is 1. The smallest absolute Gasteiger partial charge is 0.254 e. The van der Waals surface area contributed by atoms with Gasteiger partial charge >= 0.3 is 0 Å². The number of ether oxygens (including phenoxy) is 1. The molecule has 1 atom stereocenters. The van der Waals surface area contributed by atoms with Crippen molar-refractivity contribution in [1.29, 1.82) is 0 Å². The van der Waals surface area contributed by atoms with Crippen molar-refractivity contribution in [3.8, 4) is 0 Å². The minimum Gasteiger partial charge on any atom is -0.377 e. The molecule has 0 aromatic carbocycles. The van der Waals surface area contributed by atoms with E-state index in [2.05, 4.69) is 10.3 Å². The maximum Gasteiger partial charge on any atom is 0.254 e. The van der Waals surface area contributed by atoms with E-state index in [9.17, 15) is 4.79 Å². The summed E-state index contributed by atoms with van der Waals surface area (Å²) >= 11 is 5.93.